The lowest BCUT2D eigenvalue weighted by Gasteiger charge is -2.37. The van der Waals surface area contributed by atoms with E-state index in [0.717, 1.165) is 25.0 Å². The van der Waals surface area contributed by atoms with Gasteiger partial charge in [0.2, 0.25) is 5.91 Å². The molecule has 5 atom stereocenters. The molecule has 0 N–H and O–H groups in total. The molecule has 1 amide bonds. The Bertz CT molecular complexity index is 895. The molecular formula is C23H26N2O2S. The molecule has 1 aromatic heterocycles. The van der Waals surface area contributed by atoms with Crippen molar-refractivity contribution in [3.05, 3.63) is 58.3 Å². The van der Waals surface area contributed by atoms with Gasteiger partial charge in [-0.2, -0.15) is 0 Å². The highest BCUT2D eigenvalue weighted by Gasteiger charge is 2.62. The van der Waals surface area contributed by atoms with Crippen molar-refractivity contribution in [1.82, 2.24) is 4.90 Å². The summed E-state index contributed by atoms with van der Waals surface area (Å²) in [5, 5.41) is 2.07. The van der Waals surface area contributed by atoms with Crippen molar-refractivity contribution in [3.63, 3.8) is 0 Å². The molecule has 4 nitrogen and oxygen atoms in total. The predicted octanol–water partition coefficient (Wildman–Crippen LogP) is 4.82. The highest BCUT2D eigenvalue weighted by atomic mass is 32.1. The van der Waals surface area contributed by atoms with E-state index in [9.17, 15) is 4.79 Å². The monoisotopic (exact) mass is 394 g/mol. The van der Waals surface area contributed by atoms with Crippen molar-refractivity contribution in [2.45, 2.75) is 57.5 Å². The fraction of sp³-hybridized carbons (Fsp3) is 0.478. The minimum Gasteiger partial charge on any atom is -0.325 e. The zero-order valence-electron chi connectivity index (χ0n) is 16.4. The quantitative estimate of drug-likeness (QED) is 0.746. The molecule has 2 aromatic rings. The maximum atomic E-state index is 13.6. The van der Waals surface area contributed by atoms with Crippen LogP contribution in [0.15, 0.2) is 52.8 Å². The van der Waals surface area contributed by atoms with Crippen LogP contribution in [0.5, 0.6) is 0 Å². The Balaban J connectivity index is 1.57. The summed E-state index contributed by atoms with van der Waals surface area (Å²) in [6.07, 6.45) is 2.29. The number of hydrogen-bond acceptors (Lipinski definition) is 4. The second kappa shape index (κ2) is 6.82. The first kappa shape index (κ1) is 18.1. The maximum absolute atomic E-state index is 13.6. The third kappa shape index (κ3) is 2.67. The van der Waals surface area contributed by atoms with Crippen LogP contribution in [-0.2, 0) is 16.1 Å². The van der Waals surface area contributed by atoms with Crippen LogP contribution in [0.1, 0.15) is 49.5 Å². The number of likely N-dealkylation sites (tertiary alicyclic amines) is 1. The van der Waals surface area contributed by atoms with Gasteiger partial charge in [-0.15, -0.1) is 11.3 Å². The van der Waals surface area contributed by atoms with Gasteiger partial charge in [0, 0.05) is 17.2 Å². The Morgan fingerprint density at radius 2 is 2.04 bits per heavy atom. The first-order valence-corrected chi connectivity index (χ1v) is 11.1. The van der Waals surface area contributed by atoms with E-state index in [2.05, 4.69) is 55.6 Å². The molecule has 3 heterocycles. The number of nitrogens with zero attached hydrogens (tertiary/aromatic N) is 2. The number of aliphatic imine (C=N–C) groups is 1. The lowest BCUT2D eigenvalue weighted by molar-refractivity contribution is -0.150. The molecule has 0 radical (unpaired) electrons. The Morgan fingerprint density at radius 3 is 2.75 bits per heavy atom. The molecule has 28 heavy (non-hydrogen) atoms. The van der Waals surface area contributed by atoms with Crippen molar-refractivity contribution in [2.75, 3.05) is 0 Å². The molecule has 5 rings (SSSR count). The van der Waals surface area contributed by atoms with Gasteiger partial charge in [0.05, 0.1) is 12.3 Å². The molecule has 5 heteroatoms. The Hall–Kier alpha value is -1.98. The number of rotatable bonds is 4. The second-order valence-electron chi connectivity index (χ2n) is 8.24. The fourth-order valence-corrected chi connectivity index (χ4v) is 5.90. The summed E-state index contributed by atoms with van der Waals surface area (Å²) >= 11 is 1.70. The van der Waals surface area contributed by atoms with Gasteiger partial charge in [0.25, 0.3) is 0 Å². The van der Waals surface area contributed by atoms with Crippen LogP contribution in [0.25, 0.3) is 0 Å². The van der Waals surface area contributed by atoms with Crippen LogP contribution >= 0.6 is 11.3 Å². The number of carbonyl (C=O) groups is 1. The van der Waals surface area contributed by atoms with E-state index in [4.69, 9.17) is 9.73 Å². The Kier molecular flexibility index (Phi) is 4.40. The maximum Gasteiger partial charge on any atom is 0.229 e. The molecule has 3 aliphatic rings. The first-order chi connectivity index (χ1) is 13.6. The average Bonchev–Trinajstić information content (AvgIpc) is 3.40. The number of fused-ring (bicyclic) bond motifs is 1. The van der Waals surface area contributed by atoms with E-state index in [-0.39, 0.29) is 24.0 Å². The average molecular weight is 395 g/mol. The topological polar surface area (TPSA) is 41.9 Å². The Labute approximate surface area is 170 Å². The van der Waals surface area contributed by atoms with Crippen LogP contribution in [0, 0.1) is 11.8 Å². The normalized spacial score (nSPS) is 34.3. The Morgan fingerprint density at radius 1 is 1.21 bits per heavy atom. The smallest absolute Gasteiger partial charge is 0.229 e. The number of amides is 1. The lowest BCUT2D eigenvalue weighted by Crippen LogP contribution is -2.52. The van der Waals surface area contributed by atoms with Crippen molar-refractivity contribution in [3.8, 4) is 0 Å². The second-order valence-corrected chi connectivity index (χ2v) is 9.27. The summed E-state index contributed by atoms with van der Waals surface area (Å²) in [6, 6.07) is 14.8. The summed E-state index contributed by atoms with van der Waals surface area (Å²) in [4.78, 5) is 21.8. The lowest BCUT2D eigenvalue weighted by atomic mass is 9.78. The minimum atomic E-state index is -0.649. The van der Waals surface area contributed by atoms with Gasteiger partial charge < -0.3 is 9.64 Å². The zero-order chi connectivity index (χ0) is 19.3. The molecule has 1 saturated heterocycles. The number of hydrogen-bond donors (Lipinski definition) is 0. The minimum absolute atomic E-state index is 0.0199. The van der Waals surface area contributed by atoms with Gasteiger partial charge >= 0.3 is 0 Å². The standard InChI is InChI=1S/C23H26N2O2S/c1-3-21-24-20-12-18(16-8-5-4-6-9-16)15(2)19-13-23(20,27-21)25(22(19)26)14-17-10-7-11-28-17/h4-11,15,18-19,21H,3,12-14H2,1-2H3/t15-,18+,19?,21-,23+/m1/s1. The van der Waals surface area contributed by atoms with Crippen LogP contribution in [0.2, 0.25) is 0 Å². The summed E-state index contributed by atoms with van der Waals surface area (Å²) < 4.78 is 6.54. The van der Waals surface area contributed by atoms with Crippen LogP contribution in [0.3, 0.4) is 0 Å². The molecule has 1 spiro atoms. The van der Waals surface area contributed by atoms with Crippen LogP contribution < -0.4 is 0 Å². The predicted molar refractivity (Wildman–Crippen MR) is 111 cm³/mol. The molecule has 2 fully saturated rings. The van der Waals surface area contributed by atoms with Crippen LogP contribution in [0.4, 0.5) is 0 Å². The van der Waals surface area contributed by atoms with Gasteiger partial charge in [-0.05, 0) is 41.7 Å². The molecular weight excluding hydrogens is 368 g/mol. The molecule has 1 aliphatic carbocycles. The van der Waals surface area contributed by atoms with Crippen molar-refractivity contribution < 1.29 is 9.53 Å². The highest BCUT2D eigenvalue weighted by Crippen LogP contribution is 2.53. The molecule has 2 bridgehead atoms. The number of carbonyl (C=O) groups excluding carboxylic acids is 1. The SMILES string of the molecule is CC[C@@H]1N=C2C[C@H](c3ccccc3)[C@@H](C)C3C[C@@]2(O1)N(Cc1cccs1)C3=O. The first-order valence-electron chi connectivity index (χ1n) is 10.3. The molecule has 2 aliphatic heterocycles. The summed E-state index contributed by atoms with van der Waals surface area (Å²) in [6.45, 7) is 4.96. The fourth-order valence-electron chi connectivity index (χ4n) is 5.21. The number of benzene rings is 1. The van der Waals surface area contributed by atoms with Gasteiger partial charge in [0.15, 0.2) is 12.0 Å². The van der Waals surface area contributed by atoms with E-state index in [0.29, 0.717) is 12.5 Å². The zero-order valence-corrected chi connectivity index (χ0v) is 17.2. The van der Waals surface area contributed by atoms with Gasteiger partial charge in [0.1, 0.15) is 0 Å². The van der Waals surface area contributed by atoms with E-state index in [1.54, 1.807) is 11.3 Å². The van der Waals surface area contributed by atoms with Crippen molar-refractivity contribution in [1.29, 1.82) is 0 Å². The third-order valence-electron chi connectivity index (χ3n) is 6.75. The molecule has 1 unspecified atom stereocenters. The van der Waals surface area contributed by atoms with E-state index >= 15 is 0 Å². The van der Waals surface area contributed by atoms with E-state index < -0.39 is 5.72 Å². The summed E-state index contributed by atoms with van der Waals surface area (Å²) in [5.41, 5.74) is 1.73. The van der Waals surface area contributed by atoms with Gasteiger partial charge in [-0.3, -0.25) is 9.79 Å². The largest absolute Gasteiger partial charge is 0.325 e. The van der Waals surface area contributed by atoms with Gasteiger partial charge in [-0.1, -0.05) is 50.2 Å². The summed E-state index contributed by atoms with van der Waals surface area (Å²) in [7, 11) is 0. The van der Waals surface area contributed by atoms with E-state index in [1.165, 1.54) is 10.4 Å². The van der Waals surface area contributed by atoms with E-state index in [1.807, 2.05) is 11.0 Å². The highest BCUT2D eigenvalue weighted by molar-refractivity contribution is 7.09. The van der Waals surface area contributed by atoms with Crippen LogP contribution in [-0.4, -0.2) is 28.5 Å². The molecule has 146 valence electrons. The molecule has 1 saturated carbocycles. The summed E-state index contributed by atoms with van der Waals surface area (Å²) in [5.74, 6) is 0.774. The van der Waals surface area contributed by atoms with Crippen molar-refractivity contribution in [2.24, 2.45) is 16.8 Å². The van der Waals surface area contributed by atoms with Crippen molar-refractivity contribution >= 4 is 23.0 Å². The molecule has 1 aromatic carbocycles. The number of thiophene rings is 1. The number of ether oxygens (including phenoxy) is 1. The van der Waals surface area contributed by atoms with Gasteiger partial charge in [-0.25, -0.2) is 0 Å². The third-order valence-corrected chi connectivity index (χ3v) is 7.61.